The number of carbonyl (C=O) groups is 1. The van der Waals surface area contributed by atoms with E-state index in [0.29, 0.717) is 6.54 Å². The summed E-state index contributed by atoms with van der Waals surface area (Å²) in [5.74, 6) is 0.762. The van der Waals surface area contributed by atoms with Gasteiger partial charge in [-0.3, -0.25) is 4.79 Å². The molecule has 1 amide bonds. The Hall–Kier alpha value is -2.33. The molecule has 0 unspecified atom stereocenters. The summed E-state index contributed by atoms with van der Waals surface area (Å²) in [6.07, 6.45) is 0. The molecule has 4 nitrogen and oxygen atoms in total. The lowest BCUT2D eigenvalue weighted by molar-refractivity contribution is -0.115. The van der Waals surface area contributed by atoms with E-state index < -0.39 is 0 Å². The molecule has 0 atom stereocenters. The molecule has 0 saturated carbocycles. The summed E-state index contributed by atoms with van der Waals surface area (Å²) in [6, 6.07) is 15.5. The van der Waals surface area contributed by atoms with E-state index >= 15 is 0 Å². The molecule has 0 fully saturated rings. The Morgan fingerprint density at radius 3 is 2.52 bits per heavy atom. The Morgan fingerprint density at radius 2 is 1.81 bits per heavy atom. The number of hydrogen-bond donors (Lipinski definition) is 2. The van der Waals surface area contributed by atoms with Crippen LogP contribution in [-0.2, 0) is 11.3 Å². The third kappa shape index (κ3) is 4.61. The van der Waals surface area contributed by atoms with Crippen LogP contribution in [0.2, 0.25) is 0 Å². The molecule has 0 aromatic heterocycles. The first kappa shape index (κ1) is 15.1. The van der Waals surface area contributed by atoms with Crippen LogP contribution >= 0.6 is 0 Å². The second-order valence-corrected chi connectivity index (χ2v) is 4.83. The molecule has 110 valence electrons. The minimum absolute atomic E-state index is 0.0613. The molecule has 0 aliphatic heterocycles. The highest BCUT2D eigenvalue weighted by Crippen LogP contribution is 2.16. The first-order chi connectivity index (χ1) is 10.2. The van der Waals surface area contributed by atoms with Gasteiger partial charge in [0.05, 0.1) is 13.7 Å². The maximum Gasteiger partial charge on any atom is 0.238 e. The van der Waals surface area contributed by atoms with Crippen LogP contribution in [0.3, 0.4) is 0 Å². The first-order valence-electron chi connectivity index (χ1n) is 6.88. The third-order valence-corrected chi connectivity index (χ3v) is 3.13. The molecule has 21 heavy (non-hydrogen) atoms. The average molecular weight is 284 g/mol. The number of rotatable bonds is 6. The molecule has 0 heterocycles. The minimum Gasteiger partial charge on any atom is -0.496 e. The number of methoxy groups -OCH3 is 1. The fourth-order valence-electron chi connectivity index (χ4n) is 2.00. The number of aryl methyl sites for hydroxylation is 1. The van der Waals surface area contributed by atoms with Gasteiger partial charge in [0, 0.05) is 17.8 Å². The van der Waals surface area contributed by atoms with E-state index in [2.05, 4.69) is 10.6 Å². The van der Waals surface area contributed by atoms with Crippen molar-refractivity contribution in [3.05, 3.63) is 59.7 Å². The normalized spacial score (nSPS) is 10.2. The molecule has 4 heteroatoms. The molecule has 2 aromatic rings. The predicted molar refractivity (Wildman–Crippen MR) is 84.5 cm³/mol. The van der Waals surface area contributed by atoms with Crippen LogP contribution in [0.25, 0.3) is 0 Å². The number of para-hydroxylation sites is 1. The SMILES string of the molecule is COc1ccccc1CNCC(=O)Nc1ccc(C)cc1. The van der Waals surface area contributed by atoms with E-state index in [9.17, 15) is 4.79 Å². The highest BCUT2D eigenvalue weighted by Gasteiger charge is 2.04. The number of benzene rings is 2. The van der Waals surface area contributed by atoms with Crippen molar-refractivity contribution in [2.75, 3.05) is 19.0 Å². The molecule has 2 aromatic carbocycles. The fourth-order valence-corrected chi connectivity index (χ4v) is 2.00. The van der Waals surface area contributed by atoms with Crippen LogP contribution in [0, 0.1) is 6.92 Å². The second kappa shape index (κ2) is 7.45. The summed E-state index contributed by atoms with van der Waals surface area (Å²) in [4.78, 5) is 11.8. The van der Waals surface area contributed by atoms with Gasteiger partial charge in [0.15, 0.2) is 0 Å². The van der Waals surface area contributed by atoms with Crippen molar-refractivity contribution in [2.45, 2.75) is 13.5 Å². The number of carbonyl (C=O) groups excluding carboxylic acids is 1. The monoisotopic (exact) mass is 284 g/mol. The van der Waals surface area contributed by atoms with Crippen molar-refractivity contribution >= 4 is 11.6 Å². The lowest BCUT2D eigenvalue weighted by Crippen LogP contribution is -2.27. The van der Waals surface area contributed by atoms with Crippen LogP contribution in [0.1, 0.15) is 11.1 Å². The Balaban J connectivity index is 1.80. The number of anilines is 1. The zero-order chi connectivity index (χ0) is 15.1. The number of ether oxygens (including phenoxy) is 1. The fraction of sp³-hybridized carbons (Fsp3) is 0.235. The van der Waals surface area contributed by atoms with E-state index in [4.69, 9.17) is 4.74 Å². The van der Waals surface area contributed by atoms with Crippen molar-refractivity contribution in [3.63, 3.8) is 0 Å². The van der Waals surface area contributed by atoms with Gasteiger partial charge in [0.1, 0.15) is 5.75 Å². The lowest BCUT2D eigenvalue weighted by atomic mass is 10.2. The molecule has 0 saturated heterocycles. The zero-order valence-electron chi connectivity index (χ0n) is 12.3. The van der Waals surface area contributed by atoms with E-state index in [-0.39, 0.29) is 12.5 Å². The summed E-state index contributed by atoms with van der Waals surface area (Å²) >= 11 is 0. The van der Waals surface area contributed by atoms with Gasteiger partial charge < -0.3 is 15.4 Å². The Labute approximate surface area is 125 Å². The van der Waals surface area contributed by atoms with Gasteiger partial charge >= 0.3 is 0 Å². The topological polar surface area (TPSA) is 50.4 Å². The molecular formula is C17H20N2O2. The van der Waals surface area contributed by atoms with Gasteiger partial charge in [-0.25, -0.2) is 0 Å². The van der Waals surface area contributed by atoms with Crippen LogP contribution in [-0.4, -0.2) is 19.6 Å². The van der Waals surface area contributed by atoms with Gasteiger partial charge in [0.2, 0.25) is 5.91 Å². The van der Waals surface area contributed by atoms with Crippen LogP contribution < -0.4 is 15.4 Å². The van der Waals surface area contributed by atoms with Gasteiger partial charge in [-0.05, 0) is 25.1 Å². The Kier molecular flexibility index (Phi) is 5.35. The summed E-state index contributed by atoms with van der Waals surface area (Å²) in [6.45, 7) is 2.86. The predicted octanol–water partition coefficient (Wildman–Crippen LogP) is 2.73. The molecule has 0 bridgehead atoms. The van der Waals surface area contributed by atoms with E-state index in [1.165, 1.54) is 5.56 Å². The second-order valence-electron chi connectivity index (χ2n) is 4.83. The van der Waals surface area contributed by atoms with Gasteiger partial charge in [0.25, 0.3) is 0 Å². The number of nitrogens with one attached hydrogen (secondary N) is 2. The zero-order valence-corrected chi connectivity index (χ0v) is 12.3. The Morgan fingerprint density at radius 1 is 1.10 bits per heavy atom. The summed E-state index contributed by atoms with van der Waals surface area (Å²) in [5, 5.41) is 5.97. The Bertz CT molecular complexity index is 594. The maximum absolute atomic E-state index is 11.8. The molecule has 0 spiro atoms. The van der Waals surface area contributed by atoms with E-state index in [1.807, 2.05) is 55.5 Å². The summed E-state index contributed by atoms with van der Waals surface area (Å²) < 4.78 is 5.27. The van der Waals surface area contributed by atoms with Gasteiger partial charge in [-0.1, -0.05) is 35.9 Å². The molecular weight excluding hydrogens is 264 g/mol. The largest absolute Gasteiger partial charge is 0.496 e. The van der Waals surface area contributed by atoms with Crippen LogP contribution in [0.4, 0.5) is 5.69 Å². The van der Waals surface area contributed by atoms with Gasteiger partial charge in [-0.15, -0.1) is 0 Å². The van der Waals surface area contributed by atoms with Crippen LogP contribution in [0.15, 0.2) is 48.5 Å². The quantitative estimate of drug-likeness (QED) is 0.857. The highest BCUT2D eigenvalue weighted by atomic mass is 16.5. The van der Waals surface area contributed by atoms with Crippen molar-refractivity contribution in [1.29, 1.82) is 0 Å². The molecule has 0 aliphatic carbocycles. The van der Waals surface area contributed by atoms with Crippen molar-refractivity contribution in [1.82, 2.24) is 5.32 Å². The summed E-state index contributed by atoms with van der Waals surface area (Å²) in [5.41, 5.74) is 3.01. The molecule has 0 radical (unpaired) electrons. The number of amides is 1. The number of hydrogen-bond acceptors (Lipinski definition) is 3. The smallest absolute Gasteiger partial charge is 0.238 e. The van der Waals surface area contributed by atoms with Crippen molar-refractivity contribution in [2.24, 2.45) is 0 Å². The lowest BCUT2D eigenvalue weighted by Gasteiger charge is -2.10. The van der Waals surface area contributed by atoms with Crippen molar-refractivity contribution < 1.29 is 9.53 Å². The van der Waals surface area contributed by atoms with Crippen molar-refractivity contribution in [3.8, 4) is 5.75 Å². The average Bonchev–Trinajstić information content (AvgIpc) is 2.50. The molecule has 2 N–H and O–H groups in total. The minimum atomic E-state index is -0.0613. The standard InChI is InChI=1S/C17H20N2O2/c1-13-7-9-15(10-8-13)19-17(20)12-18-11-14-5-3-4-6-16(14)21-2/h3-10,18H,11-12H2,1-2H3,(H,19,20). The van der Waals surface area contributed by atoms with E-state index in [1.54, 1.807) is 7.11 Å². The van der Waals surface area contributed by atoms with Crippen LogP contribution in [0.5, 0.6) is 5.75 Å². The van der Waals surface area contributed by atoms with Gasteiger partial charge in [-0.2, -0.15) is 0 Å². The van der Waals surface area contributed by atoms with E-state index in [0.717, 1.165) is 17.0 Å². The third-order valence-electron chi connectivity index (χ3n) is 3.13. The highest BCUT2D eigenvalue weighted by molar-refractivity contribution is 5.92. The molecule has 0 aliphatic rings. The summed E-state index contributed by atoms with van der Waals surface area (Å²) in [7, 11) is 1.64. The molecule has 2 rings (SSSR count). The maximum atomic E-state index is 11.8. The first-order valence-corrected chi connectivity index (χ1v) is 6.88.